The lowest BCUT2D eigenvalue weighted by Gasteiger charge is -2.45. The van der Waals surface area contributed by atoms with E-state index in [-0.39, 0.29) is 30.4 Å². The number of aliphatic hydroxyl groups is 1. The fourth-order valence-corrected chi connectivity index (χ4v) is 7.23. The van der Waals surface area contributed by atoms with E-state index in [1.807, 2.05) is 4.90 Å². The number of esters is 1. The van der Waals surface area contributed by atoms with Crippen molar-refractivity contribution in [1.29, 1.82) is 0 Å². The molecule has 0 aliphatic carbocycles. The highest BCUT2D eigenvalue weighted by Gasteiger charge is 2.75. The van der Waals surface area contributed by atoms with Gasteiger partial charge in [-0.3, -0.25) is 14.4 Å². The molecule has 0 radical (unpaired) electrons. The summed E-state index contributed by atoms with van der Waals surface area (Å²) in [5.41, 5.74) is -1.51. The molecule has 2 amide bonds. The average Bonchev–Trinajstić information content (AvgIpc) is 3.43. The minimum atomic E-state index is -1.02. The van der Waals surface area contributed by atoms with Gasteiger partial charge in [-0.15, -0.1) is 6.58 Å². The lowest BCUT2D eigenvalue weighted by Crippen LogP contribution is -2.61. The van der Waals surface area contributed by atoms with Gasteiger partial charge in [-0.1, -0.05) is 39.7 Å². The normalized spacial score (nSPS) is 28.9. The molecular formula is C29H48N2O6. The Morgan fingerprint density at radius 1 is 1.22 bits per heavy atom. The van der Waals surface area contributed by atoms with Crippen molar-refractivity contribution < 1.29 is 29.0 Å². The van der Waals surface area contributed by atoms with Gasteiger partial charge >= 0.3 is 5.97 Å². The molecule has 2 bridgehead atoms. The van der Waals surface area contributed by atoms with Crippen molar-refractivity contribution in [2.75, 3.05) is 26.3 Å². The van der Waals surface area contributed by atoms with E-state index in [1.165, 1.54) is 0 Å². The highest BCUT2D eigenvalue weighted by atomic mass is 16.6. The Hall–Kier alpha value is -1.93. The van der Waals surface area contributed by atoms with Crippen LogP contribution in [0.3, 0.4) is 0 Å². The van der Waals surface area contributed by atoms with Crippen LogP contribution < -0.4 is 0 Å². The molecule has 0 aromatic rings. The number of nitrogens with zero attached hydrogens (tertiary/aromatic N) is 2. The smallest absolute Gasteiger partial charge is 0.312 e. The Kier molecular flexibility index (Phi) is 9.16. The van der Waals surface area contributed by atoms with E-state index >= 15 is 0 Å². The molecule has 8 nitrogen and oxygen atoms in total. The van der Waals surface area contributed by atoms with Crippen molar-refractivity contribution in [1.82, 2.24) is 9.80 Å². The second kappa shape index (κ2) is 11.4. The first-order chi connectivity index (χ1) is 17.3. The Bertz CT molecular complexity index is 865. The molecule has 3 aliphatic heterocycles. The number of carbonyl (C=O) groups is 3. The molecule has 210 valence electrons. The first-order valence-electron chi connectivity index (χ1n) is 14.0. The highest BCUT2D eigenvalue weighted by molar-refractivity contribution is 5.98. The molecule has 1 N–H and O–H groups in total. The Labute approximate surface area is 222 Å². The fraction of sp³-hybridized carbons (Fsp3) is 0.828. The predicted molar refractivity (Wildman–Crippen MR) is 142 cm³/mol. The average molecular weight is 521 g/mol. The standard InChI is InChI=1S/C29H48N2O6/c1-8-16-31(28(6,7)19-27(3,4)5)25(34)23-29-15-14-20(37-29)21(26(35)36-9-2)22(29)24(33)30(23)17-12-10-11-13-18-32/h8,20-23,32H,1,9-19H2,2-7H3/t20-,21+,22+,23-,29+/m0/s1. The fourth-order valence-electron chi connectivity index (χ4n) is 7.23. The van der Waals surface area contributed by atoms with Gasteiger partial charge in [0.05, 0.1) is 24.5 Å². The van der Waals surface area contributed by atoms with Crippen LogP contribution in [0, 0.1) is 17.3 Å². The third-order valence-electron chi connectivity index (χ3n) is 8.17. The summed E-state index contributed by atoms with van der Waals surface area (Å²) in [5.74, 6) is -2.09. The molecular weight excluding hydrogens is 472 g/mol. The molecule has 3 rings (SSSR count). The van der Waals surface area contributed by atoms with Crippen molar-refractivity contribution in [2.24, 2.45) is 17.3 Å². The predicted octanol–water partition coefficient (Wildman–Crippen LogP) is 3.71. The summed E-state index contributed by atoms with van der Waals surface area (Å²) in [5, 5.41) is 9.12. The van der Waals surface area contributed by atoms with Crippen LogP contribution in [0.25, 0.3) is 0 Å². The Morgan fingerprint density at radius 2 is 1.89 bits per heavy atom. The number of amides is 2. The maximum atomic E-state index is 14.5. The zero-order valence-corrected chi connectivity index (χ0v) is 23.8. The van der Waals surface area contributed by atoms with E-state index < -0.39 is 41.1 Å². The van der Waals surface area contributed by atoms with Gasteiger partial charge in [-0.2, -0.15) is 0 Å². The summed E-state index contributed by atoms with van der Waals surface area (Å²) < 4.78 is 11.9. The molecule has 5 atom stereocenters. The molecule has 0 unspecified atom stereocenters. The highest BCUT2D eigenvalue weighted by Crippen LogP contribution is 2.59. The number of ether oxygens (including phenoxy) is 2. The maximum absolute atomic E-state index is 14.5. The molecule has 3 saturated heterocycles. The third kappa shape index (κ3) is 5.75. The molecule has 37 heavy (non-hydrogen) atoms. The van der Waals surface area contributed by atoms with Crippen molar-refractivity contribution >= 4 is 17.8 Å². The number of aliphatic hydroxyl groups excluding tert-OH is 1. The van der Waals surface area contributed by atoms with Gasteiger partial charge in [0, 0.05) is 25.2 Å². The summed E-state index contributed by atoms with van der Waals surface area (Å²) >= 11 is 0. The van der Waals surface area contributed by atoms with Crippen molar-refractivity contribution in [2.45, 2.75) is 110 Å². The minimum Gasteiger partial charge on any atom is -0.466 e. The molecule has 0 saturated carbocycles. The topological polar surface area (TPSA) is 96.4 Å². The molecule has 3 aliphatic rings. The van der Waals surface area contributed by atoms with E-state index in [2.05, 4.69) is 41.2 Å². The molecule has 8 heteroatoms. The van der Waals surface area contributed by atoms with Crippen LogP contribution in [0.4, 0.5) is 0 Å². The van der Waals surface area contributed by atoms with Crippen molar-refractivity contribution in [3.8, 4) is 0 Å². The van der Waals surface area contributed by atoms with Crippen LogP contribution in [0.15, 0.2) is 12.7 Å². The van der Waals surface area contributed by atoms with E-state index in [9.17, 15) is 14.4 Å². The number of fused-ring (bicyclic) bond motifs is 1. The summed E-state index contributed by atoms with van der Waals surface area (Å²) in [4.78, 5) is 45.1. The van der Waals surface area contributed by atoms with Crippen LogP contribution in [0.5, 0.6) is 0 Å². The lowest BCUT2D eigenvalue weighted by molar-refractivity contribution is -0.155. The molecule has 3 heterocycles. The molecule has 3 fully saturated rings. The largest absolute Gasteiger partial charge is 0.466 e. The first kappa shape index (κ1) is 29.6. The van der Waals surface area contributed by atoms with Gasteiger partial charge in [0.15, 0.2) is 0 Å². The summed E-state index contributed by atoms with van der Waals surface area (Å²) in [7, 11) is 0. The van der Waals surface area contributed by atoms with E-state index in [1.54, 1.807) is 17.9 Å². The van der Waals surface area contributed by atoms with E-state index in [4.69, 9.17) is 14.6 Å². The SMILES string of the molecule is C=CCN(C(=O)[C@@H]1N(CCCCCCO)C(=O)[C@H]2[C@H](C(=O)OCC)[C@@H]3CC[C@]12O3)C(C)(C)CC(C)(C)C. The first-order valence-corrected chi connectivity index (χ1v) is 14.0. The molecule has 0 aromatic carbocycles. The van der Waals surface area contributed by atoms with Crippen LogP contribution in [-0.2, 0) is 23.9 Å². The monoisotopic (exact) mass is 520 g/mol. The van der Waals surface area contributed by atoms with Gasteiger partial charge in [-0.05, 0) is 58.3 Å². The van der Waals surface area contributed by atoms with E-state index in [0.29, 0.717) is 32.4 Å². The van der Waals surface area contributed by atoms with E-state index in [0.717, 1.165) is 25.7 Å². The zero-order valence-electron chi connectivity index (χ0n) is 23.8. The Balaban J connectivity index is 1.99. The van der Waals surface area contributed by atoms with Gasteiger partial charge in [0.1, 0.15) is 11.6 Å². The molecule has 1 spiro atoms. The number of likely N-dealkylation sites (tertiary alicyclic amines) is 1. The summed E-state index contributed by atoms with van der Waals surface area (Å²) in [6.45, 7) is 17.4. The number of hydrogen-bond donors (Lipinski definition) is 1. The number of carbonyl (C=O) groups excluding carboxylic acids is 3. The number of hydrogen-bond acceptors (Lipinski definition) is 6. The van der Waals surface area contributed by atoms with Crippen LogP contribution in [0.2, 0.25) is 0 Å². The van der Waals surface area contributed by atoms with Crippen LogP contribution in [-0.4, -0.2) is 82.3 Å². The summed E-state index contributed by atoms with van der Waals surface area (Å²) in [6.07, 6.45) is 6.46. The van der Waals surface area contributed by atoms with Crippen molar-refractivity contribution in [3.63, 3.8) is 0 Å². The van der Waals surface area contributed by atoms with Gasteiger partial charge in [0.25, 0.3) is 0 Å². The Morgan fingerprint density at radius 3 is 2.49 bits per heavy atom. The number of unbranched alkanes of at least 4 members (excludes halogenated alkanes) is 3. The number of rotatable bonds is 13. The van der Waals surface area contributed by atoms with Gasteiger partial charge in [-0.25, -0.2) is 0 Å². The second-order valence-corrected chi connectivity index (χ2v) is 12.8. The zero-order chi connectivity index (χ0) is 27.6. The van der Waals surface area contributed by atoms with Crippen LogP contribution in [0.1, 0.15) is 86.5 Å². The quantitative estimate of drug-likeness (QED) is 0.226. The van der Waals surface area contributed by atoms with Crippen LogP contribution >= 0.6 is 0 Å². The van der Waals surface area contributed by atoms with Gasteiger partial charge < -0.3 is 24.4 Å². The lowest BCUT2D eigenvalue weighted by atomic mass is 9.70. The maximum Gasteiger partial charge on any atom is 0.312 e. The minimum absolute atomic E-state index is 0.0147. The second-order valence-electron chi connectivity index (χ2n) is 12.8. The molecule has 0 aromatic heterocycles. The van der Waals surface area contributed by atoms with Crippen molar-refractivity contribution in [3.05, 3.63) is 12.7 Å². The van der Waals surface area contributed by atoms with Gasteiger partial charge in [0.2, 0.25) is 11.8 Å². The third-order valence-corrected chi connectivity index (χ3v) is 8.17. The summed E-state index contributed by atoms with van der Waals surface area (Å²) in [6, 6.07) is -0.786.